The molecule has 0 amide bonds. The van der Waals surface area contributed by atoms with Crippen molar-refractivity contribution in [2.75, 3.05) is 0 Å². The molecule has 0 heteroatoms. The van der Waals surface area contributed by atoms with Gasteiger partial charge in [0.2, 0.25) is 0 Å². The normalized spacial score (nSPS) is 44.6. The summed E-state index contributed by atoms with van der Waals surface area (Å²) in [6.07, 6.45) is 18.6. The Hall–Kier alpha value is 0. The van der Waals surface area contributed by atoms with Gasteiger partial charge in [-0.2, -0.15) is 0 Å². The van der Waals surface area contributed by atoms with Crippen LogP contribution in [0.3, 0.4) is 0 Å². The lowest BCUT2D eigenvalue weighted by Crippen LogP contribution is -2.39. The fraction of sp³-hybridized carbons (Fsp3) is 1.00. The van der Waals surface area contributed by atoms with E-state index in [0.29, 0.717) is 5.41 Å². The first-order valence-corrected chi connectivity index (χ1v) is 10.2. The zero-order valence-electron chi connectivity index (χ0n) is 14.4. The Labute approximate surface area is 132 Å². The zero-order chi connectivity index (χ0) is 14.4. The molecule has 4 aliphatic carbocycles. The highest BCUT2D eigenvalue weighted by Gasteiger charge is 2.56. The summed E-state index contributed by atoms with van der Waals surface area (Å²) in [5.41, 5.74) is 0.632. The Morgan fingerprint density at radius 3 is 1.38 bits per heavy atom. The molecule has 4 saturated carbocycles. The maximum Gasteiger partial charge on any atom is -0.0292 e. The summed E-state index contributed by atoms with van der Waals surface area (Å²) in [4.78, 5) is 0. The lowest BCUT2D eigenvalue weighted by atomic mass is 9.59. The van der Waals surface area contributed by atoms with Crippen LogP contribution in [-0.2, 0) is 0 Å². The summed E-state index contributed by atoms with van der Waals surface area (Å²) >= 11 is 0. The second-order valence-corrected chi connectivity index (χ2v) is 9.55. The van der Waals surface area contributed by atoms with Crippen molar-refractivity contribution in [3.63, 3.8) is 0 Å². The van der Waals surface area contributed by atoms with Crippen molar-refractivity contribution in [2.45, 2.75) is 90.9 Å². The van der Waals surface area contributed by atoms with E-state index in [9.17, 15) is 0 Å². The number of hydrogen-bond acceptors (Lipinski definition) is 0. The number of hydrogen-bond donors (Lipinski definition) is 0. The van der Waals surface area contributed by atoms with E-state index >= 15 is 0 Å². The molecule has 4 fully saturated rings. The van der Waals surface area contributed by atoms with Crippen molar-refractivity contribution >= 4 is 0 Å². The van der Waals surface area contributed by atoms with E-state index in [1.165, 1.54) is 38.5 Å². The van der Waals surface area contributed by atoms with Gasteiger partial charge >= 0.3 is 0 Å². The molecule has 0 aromatic rings. The number of fused-ring (bicyclic) bond motifs is 3. The standard InChI is InChI=1S/C21H36/c1-21(2,15-9-3-4-10-15)20-18-13-7-5-11-16(18)17-12-6-8-14-19(17)20/h15-20H,3-14H2,1-2H3. The summed E-state index contributed by atoms with van der Waals surface area (Å²) in [6, 6.07) is 0. The molecule has 21 heavy (non-hydrogen) atoms. The van der Waals surface area contributed by atoms with Crippen molar-refractivity contribution in [3.8, 4) is 0 Å². The predicted molar refractivity (Wildman–Crippen MR) is 90.1 cm³/mol. The van der Waals surface area contributed by atoms with Gasteiger partial charge in [-0.1, -0.05) is 52.4 Å². The highest BCUT2D eigenvalue weighted by Crippen LogP contribution is 2.64. The predicted octanol–water partition coefficient (Wildman–Crippen LogP) is 6.45. The van der Waals surface area contributed by atoms with Crippen molar-refractivity contribution in [3.05, 3.63) is 0 Å². The van der Waals surface area contributed by atoms with Crippen LogP contribution in [0.2, 0.25) is 0 Å². The van der Waals surface area contributed by atoms with Gasteiger partial charge in [-0.05, 0) is 79.4 Å². The van der Waals surface area contributed by atoms with Crippen LogP contribution in [-0.4, -0.2) is 0 Å². The van der Waals surface area contributed by atoms with Crippen molar-refractivity contribution in [1.29, 1.82) is 0 Å². The third-order valence-corrected chi connectivity index (χ3v) is 8.49. The molecule has 0 spiro atoms. The number of rotatable bonds is 2. The van der Waals surface area contributed by atoms with E-state index < -0.39 is 0 Å². The topological polar surface area (TPSA) is 0 Å². The summed E-state index contributed by atoms with van der Waals surface area (Å²) < 4.78 is 0. The second kappa shape index (κ2) is 5.57. The minimum Gasteiger partial charge on any atom is -0.0594 e. The molecule has 120 valence electrons. The molecule has 0 heterocycles. The third-order valence-electron chi connectivity index (χ3n) is 8.49. The maximum absolute atomic E-state index is 2.69. The largest absolute Gasteiger partial charge is 0.0594 e. The summed E-state index contributed by atoms with van der Waals surface area (Å²) in [6.45, 7) is 5.38. The molecule has 0 aliphatic heterocycles. The molecule has 4 rings (SSSR count). The van der Waals surface area contributed by atoms with E-state index in [-0.39, 0.29) is 0 Å². The Morgan fingerprint density at radius 1 is 0.524 bits per heavy atom. The third kappa shape index (κ3) is 2.31. The smallest absolute Gasteiger partial charge is 0.0292 e. The van der Waals surface area contributed by atoms with Gasteiger partial charge in [0, 0.05) is 0 Å². The summed E-state index contributed by atoms with van der Waals surface area (Å²) in [5, 5.41) is 0. The van der Waals surface area contributed by atoms with Crippen LogP contribution < -0.4 is 0 Å². The first-order chi connectivity index (χ1) is 10.2. The lowest BCUT2D eigenvalue weighted by Gasteiger charge is -2.45. The van der Waals surface area contributed by atoms with E-state index in [1.54, 1.807) is 38.5 Å². The van der Waals surface area contributed by atoms with Crippen LogP contribution >= 0.6 is 0 Å². The molecule has 0 aromatic carbocycles. The highest BCUT2D eigenvalue weighted by molar-refractivity contribution is 5.05. The Bertz CT molecular complexity index is 340. The molecule has 0 nitrogen and oxygen atoms in total. The highest BCUT2D eigenvalue weighted by atomic mass is 14.6. The fourth-order valence-electron chi connectivity index (χ4n) is 7.69. The second-order valence-electron chi connectivity index (χ2n) is 9.55. The fourth-order valence-corrected chi connectivity index (χ4v) is 7.69. The average Bonchev–Trinajstić information content (AvgIpc) is 3.14. The van der Waals surface area contributed by atoms with Crippen LogP contribution in [0.25, 0.3) is 0 Å². The van der Waals surface area contributed by atoms with Crippen molar-refractivity contribution < 1.29 is 0 Å². The van der Waals surface area contributed by atoms with Gasteiger partial charge in [-0.15, -0.1) is 0 Å². The maximum atomic E-state index is 2.69. The minimum atomic E-state index is 0.632. The Kier molecular flexibility index (Phi) is 3.87. The van der Waals surface area contributed by atoms with Gasteiger partial charge in [0.05, 0.1) is 0 Å². The summed E-state index contributed by atoms with van der Waals surface area (Å²) in [7, 11) is 0. The van der Waals surface area contributed by atoms with Gasteiger partial charge in [0.15, 0.2) is 0 Å². The molecule has 0 saturated heterocycles. The average molecular weight is 289 g/mol. The van der Waals surface area contributed by atoms with E-state index in [4.69, 9.17) is 0 Å². The van der Waals surface area contributed by atoms with Crippen molar-refractivity contribution in [2.24, 2.45) is 40.9 Å². The van der Waals surface area contributed by atoms with Gasteiger partial charge < -0.3 is 0 Å². The van der Waals surface area contributed by atoms with E-state index in [1.807, 2.05) is 0 Å². The lowest BCUT2D eigenvalue weighted by molar-refractivity contribution is 0.0311. The SMILES string of the molecule is CC(C)(C1CCCC1)C1C2CCCCC2C2CCCCC21. The van der Waals surface area contributed by atoms with Crippen LogP contribution in [0.15, 0.2) is 0 Å². The monoisotopic (exact) mass is 288 g/mol. The van der Waals surface area contributed by atoms with Gasteiger partial charge in [-0.25, -0.2) is 0 Å². The molecule has 4 aliphatic rings. The first-order valence-electron chi connectivity index (χ1n) is 10.2. The van der Waals surface area contributed by atoms with Crippen LogP contribution in [0, 0.1) is 40.9 Å². The molecule has 4 atom stereocenters. The van der Waals surface area contributed by atoms with Gasteiger partial charge in [-0.3, -0.25) is 0 Å². The van der Waals surface area contributed by atoms with Crippen molar-refractivity contribution in [1.82, 2.24) is 0 Å². The Balaban J connectivity index is 1.64. The van der Waals surface area contributed by atoms with Gasteiger partial charge in [0.25, 0.3) is 0 Å². The Morgan fingerprint density at radius 2 is 0.905 bits per heavy atom. The molecular formula is C21H36. The van der Waals surface area contributed by atoms with E-state index in [2.05, 4.69) is 13.8 Å². The van der Waals surface area contributed by atoms with E-state index in [0.717, 1.165) is 35.5 Å². The first kappa shape index (κ1) is 14.6. The molecule has 0 bridgehead atoms. The zero-order valence-corrected chi connectivity index (χ0v) is 14.4. The van der Waals surface area contributed by atoms with Crippen LogP contribution in [0.5, 0.6) is 0 Å². The molecular weight excluding hydrogens is 252 g/mol. The summed E-state index contributed by atoms with van der Waals surface area (Å²) in [5.74, 6) is 6.62. The van der Waals surface area contributed by atoms with Crippen LogP contribution in [0.4, 0.5) is 0 Å². The molecule has 0 N–H and O–H groups in total. The van der Waals surface area contributed by atoms with Crippen LogP contribution in [0.1, 0.15) is 90.9 Å². The minimum absolute atomic E-state index is 0.632. The molecule has 0 aromatic heterocycles. The van der Waals surface area contributed by atoms with Gasteiger partial charge in [0.1, 0.15) is 0 Å². The molecule has 4 unspecified atom stereocenters. The molecule has 0 radical (unpaired) electrons. The quantitative estimate of drug-likeness (QED) is 0.548.